The number of hydrogen-bond acceptors (Lipinski definition) is 2. The van der Waals surface area contributed by atoms with E-state index in [1.807, 2.05) is 36.4 Å². The summed E-state index contributed by atoms with van der Waals surface area (Å²) in [5, 5.41) is 0. The van der Waals surface area contributed by atoms with Gasteiger partial charge in [-0.2, -0.15) is 0 Å². The molecule has 0 unspecified atom stereocenters. The highest BCUT2D eigenvalue weighted by atomic mass is 32.1. The summed E-state index contributed by atoms with van der Waals surface area (Å²) in [6.07, 6.45) is 0. The van der Waals surface area contributed by atoms with Crippen LogP contribution in [0.25, 0.3) is 21.7 Å². The number of rotatable bonds is 3. The predicted molar refractivity (Wildman–Crippen MR) is 93.3 cm³/mol. The van der Waals surface area contributed by atoms with Gasteiger partial charge in [0.1, 0.15) is 5.82 Å². The van der Waals surface area contributed by atoms with Crippen molar-refractivity contribution in [2.75, 3.05) is 0 Å². The number of halogens is 1. The Morgan fingerprint density at radius 1 is 1.00 bits per heavy atom. The molecule has 0 aliphatic heterocycles. The van der Waals surface area contributed by atoms with E-state index in [2.05, 4.69) is 23.6 Å². The first kappa shape index (κ1) is 14.2. The van der Waals surface area contributed by atoms with Gasteiger partial charge >= 0.3 is 0 Å². The van der Waals surface area contributed by atoms with Crippen LogP contribution in [0.1, 0.15) is 10.4 Å². The van der Waals surface area contributed by atoms with Gasteiger partial charge in [-0.3, -0.25) is 0 Å². The molecule has 2 aromatic carbocycles. The zero-order valence-electron chi connectivity index (χ0n) is 12.7. The third kappa shape index (κ3) is 2.55. The second-order valence-electron chi connectivity index (χ2n) is 5.51. The molecule has 4 aromatic rings. The average Bonchev–Trinajstić information content (AvgIpc) is 3.14. The lowest BCUT2D eigenvalue weighted by molar-refractivity contribution is 0.602. The number of imidazole rings is 1. The van der Waals surface area contributed by atoms with Gasteiger partial charge in [0.2, 0.25) is 0 Å². The lowest BCUT2D eigenvalue weighted by Crippen LogP contribution is -2.03. The molecule has 23 heavy (non-hydrogen) atoms. The quantitative estimate of drug-likeness (QED) is 0.503. The molecule has 4 heteroatoms. The van der Waals surface area contributed by atoms with Crippen LogP contribution in [-0.4, -0.2) is 9.55 Å². The van der Waals surface area contributed by atoms with Gasteiger partial charge < -0.3 is 4.57 Å². The number of thiophene rings is 1. The molecule has 0 amide bonds. The molecule has 0 aliphatic rings. The molecule has 114 valence electrons. The van der Waals surface area contributed by atoms with E-state index in [0.29, 0.717) is 12.1 Å². The third-order valence-electron chi connectivity index (χ3n) is 3.90. The molecule has 0 aliphatic carbocycles. The van der Waals surface area contributed by atoms with E-state index < -0.39 is 0 Å². The topological polar surface area (TPSA) is 17.8 Å². The van der Waals surface area contributed by atoms with Crippen LogP contribution in [0.3, 0.4) is 0 Å². The van der Waals surface area contributed by atoms with Crippen molar-refractivity contribution < 1.29 is 4.39 Å². The zero-order chi connectivity index (χ0) is 15.8. The van der Waals surface area contributed by atoms with Gasteiger partial charge in [-0.1, -0.05) is 30.3 Å². The Bertz CT molecular complexity index is 984. The standard InChI is InChI=1S/C19H15FN2S/c1-13-10-11-18(23-13)19-21-16-8-4-5-9-17(16)22(19)12-14-6-2-3-7-15(14)20/h2-11H,12H2,1H3. The fraction of sp³-hybridized carbons (Fsp3) is 0.105. The van der Waals surface area contributed by atoms with Gasteiger partial charge in [0, 0.05) is 10.4 Å². The Balaban J connectivity index is 1.91. The Labute approximate surface area is 137 Å². The number of aromatic nitrogens is 2. The van der Waals surface area contributed by atoms with Crippen LogP contribution < -0.4 is 0 Å². The Kier molecular flexibility index (Phi) is 3.46. The Morgan fingerprint density at radius 2 is 1.78 bits per heavy atom. The highest BCUT2D eigenvalue weighted by Gasteiger charge is 2.15. The van der Waals surface area contributed by atoms with Crippen LogP contribution in [0.4, 0.5) is 4.39 Å². The van der Waals surface area contributed by atoms with Crippen molar-refractivity contribution in [3.8, 4) is 10.7 Å². The predicted octanol–water partition coefficient (Wildman–Crippen LogP) is 5.26. The van der Waals surface area contributed by atoms with Crippen LogP contribution >= 0.6 is 11.3 Å². The fourth-order valence-corrected chi connectivity index (χ4v) is 3.64. The lowest BCUT2D eigenvalue weighted by Gasteiger charge is -2.09. The molecular formula is C19H15FN2S. The summed E-state index contributed by atoms with van der Waals surface area (Å²) in [7, 11) is 0. The van der Waals surface area contributed by atoms with Crippen molar-refractivity contribution in [1.29, 1.82) is 0 Å². The molecule has 0 atom stereocenters. The summed E-state index contributed by atoms with van der Waals surface area (Å²) < 4.78 is 16.2. The highest BCUT2D eigenvalue weighted by molar-refractivity contribution is 7.15. The second-order valence-corrected chi connectivity index (χ2v) is 6.80. The number of benzene rings is 2. The van der Waals surface area contributed by atoms with Gasteiger partial charge in [0.15, 0.2) is 5.82 Å². The molecule has 0 bridgehead atoms. The minimum absolute atomic E-state index is 0.182. The molecule has 0 saturated heterocycles. The monoisotopic (exact) mass is 322 g/mol. The maximum atomic E-state index is 14.1. The smallest absolute Gasteiger partial charge is 0.151 e. The van der Waals surface area contributed by atoms with Gasteiger partial charge in [0.25, 0.3) is 0 Å². The summed E-state index contributed by atoms with van der Waals surface area (Å²) >= 11 is 1.71. The average molecular weight is 322 g/mol. The summed E-state index contributed by atoms with van der Waals surface area (Å²) in [5.41, 5.74) is 2.63. The van der Waals surface area contributed by atoms with E-state index >= 15 is 0 Å². The van der Waals surface area contributed by atoms with E-state index in [-0.39, 0.29) is 5.82 Å². The van der Waals surface area contributed by atoms with Crippen molar-refractivity contribution in [3.05, 3.63) is 76.9 Å². The molecule has 2 nitrogen and oxygen atoms in total. The van der Waals surface area contributed by atoms with Crippen molar-refractivity contribution >= 4 is 22.4 Å². The van der Waals surface area contributed by atoms with E-state index in [0.717, 1.165) is 21.7 Å². The summed E-state index contributed by atoms with van der Waals surface area (Å²) in [5.74, 6) is 0.714. The van der Waals surface area contributed by atoms with Crippen molar-refractivity contribution in [1.82, 2.24) is 9.55 Å². The molecule has 2 heterocycles. The van der Waals surface area contributed by atoms with Crippen LogP contribution in [0.15, 0.2) is 60.7 Å². The Hall–Kier alpha value is -2.46. The number of aryl methyl sites for hydroxylation is 1. The molecule has 0 radical (unpaired) electrons. The lowest BCUT2D eigenvalue weighted by atomic mass is 10.2. The molecule has 0 spiro atoms. The van der Waals surface area contributed by atoms with E-state index in [9.17, 15) is 4.39 Å². The SMILES string of the molecule is Cc1ccc(-c2nc3ccccc3n2Cc2ccccc2F)s1. The minimum Gasteiger partial charge on any atom is -0.319 e. The summed E-state index contributed by atoms with van der Waals surface area (Å²) in [6, 6.07) is 19.1. The van der Waals surface area contributed by atoms with E-state index in [4.69, 9.17) is 4.98 Å². The molecule has 2 aromatic heterocycles. The largest absolute Gasteiger partial charge is 0.319 e. The van der Waals surface area contributed by atoms with Gasteiger partial charge in [-0.25, -0.2) is 9.37 Å². The first-order valence-electron chi connectivity index (χ1n) is 7.48. The Morgan fingerprint density at radius 3 is 2.57 bits per heavy atom. The van der Waals surface area contributed by atoms with Gasteiger partial charge in [-0.05, 0) is 37.3 Å². The molecule has 0 saturated carbocycles. The van der Waals surface area contributed by atoms with Crippen molar-refractivity contribution in [3.63, 3.8) is 0 Å². The fourth-order valence-electron chi connectivity index (χ4n) is 2.78. The van der Waals surface area contributed by atoms with Crippen molar-refractivity contribution in [2.24, 2.45) is 0 Å². The first-order valence-corrected chi connectivity index (χ1v) is 8.29. The maximum absolute atomic E-state index is 14.1. The van der Waals surface area contributed by atoms with E-state index in [1.165, 1.54) is 10.9 Å². The van der Waals surface area contributed by atoms with Crippen LogP contribution in [0.2, 0.25) is 0 Å². The summed E-state index contributed by atoms with van der Waals surface area (Å²) in [4.78, 5) is 7.12. The number of para-hydroxylation sites is 2. The molecule has 0 fully saturated rings. The summed E-state index contributed by atoms with van der Waals surface area (Å²) in [6.45, 7) is 2.55. The normalized spacial score (nSPS) is 11.2. The molecule has 0 N–H and O–H groups in total. The minimum atomic E-state index is -0.182. The zero-order valence-corrected chi connectivity index (χ0v) is 13.5. The van der Waals surface area contributed by atoms with Gasteiger partial charge in [-0.15, -0.1) is 11.3 Å². The number of hydrogen-bond donors (Lipinski definition) is 0. The second kappa shape index (κ2) is 5.63. The van der Waals surface area contributed by atoms with Crippen LogP contribution in [0.5, 0.6) is 0 Å². The van der Waals surface area contributed by atoms with Crippen LogP contribution in [-0.2, 0) is 6.54 Å². The van der Waals surface area contributed by atoms with Crippen LogP contribution in [0, 0.1) is 12.7 Å². The third-order valence-corrected chi connectivity index (χ3v) is 4.90. The van der Waals surface area contributed by atoms with Crippen molar-refractivity contribution in [2.45, 2.75) is 13.5 Å². The number of nitrogens with zero attached hydrogens (tertiary/aromatic N) is 2. The molecule has 4 rings (SSSR count). The maximum Gasteiger partial charge on any atom is 0.151 e. The first-order chi connectivity index (χ1) is 11.2. The van der Waals surface area contributed by atoms with Gasteiger partial charge in [0.05, 0.1) is 22.5 Å². The molecular weight excluding hydrogens is 307 g/mol. The van der Waals surface area contributed by atoms with E-state index in [1.54, 1.807) is 17.4 Å². The number of fused-ring (bicyclic) bond motifs is 1. The highest BCUT2D eigenvalue weighted by Crippen LogP contribution is 2.31.